The van der Waals surface area contributed by atoms with E-state index in [4.69, 9.17) is 0 Å². The number of benzene rings is 1. The lowest BCUT2D eigenvalue weighted by molar-refractivity contribution is 0.235. The molecule has 0 saturated heterocycles. The van der Waals surface area contributed by atoms with Gasteiger partial charge in [-0.05, 0) is 60.6 Å². The molecule has 0 aromatic heterocycles. The first-order valence-corrected chi connectivity index (χ1v) is 9.62. The van der Waals surface area contributed by atoms with E-state index in [9.17, 15) is 8.78 Å². The number of hydrogen-bond donors (Lipinski definition) is 0. The van der Waals surface area contributed by atoms with Gasteiger partial charge in [0.25, 0.3) is 0 Å². The summed E-state index contributed by atoms with van der Waals surface area (Å²) in [4.78, 5) is 0. The lowest BCUT2D eigenvalue weighted by atomic mass is 9.75. The number of halogens is 2. The van der Waals surface area contributed by atoms with Crippen molar-refractivity contribution in [3.63, 3.8) is 0 Å². The van der Waals surface area contributed by atoms with Crippen LogP contribution < -0.4 is 0 Å². The fourth-order valence-corrected chi connectivity index (χ4v) is 4.82. The van der Waals surface area contributed by atoms with E-state index >= 15 is 0 Å². The SMILES string of the molecule is CCCC1CCC(CCC2CCc3c(F)cc(F)cc3C2)CC1. The second kappa shape index (κ2) is 7.77. The first-order chi connectivity index (χ1) is 11.2. The lowest BCUT2D eigenvalue weighted by Crippen LogP contribution is -2.19. The molecule has 0 heterocycles. The molecule has 0 aliphatic heterocycles. The molecule has 23 heavy (non-hydrogen) atoms. The molecule has 0 nitrogen and oxygen atoms in total. The summed E-state index contributed by atoms with van der Waals surface area (Å²) in [6, 6.07) is 2.59. The summed E-state index contributed by atoms with van der Waals surface area (Å²) in [5, 5.41) is 0. The first kappa shape index (κ1) is 16.9. The van der Waals surface area contributed by atoms with E-state index < -0.39 is 5.82 Å². The highest BCUT2D eigenvalue weighted by molar-refractivity contribution is 5.32. The van der Waals surface area contributed by atoms with Crippen LogP contribution in [0.5, 0.6) is 0 Å². The molecule has 1 aromatic carbocycles. The summed E-state index contributed by atoms with van der Waals surface area (Å²) in [6.45, 7) is 2.29. The lowest BCUT2D eigenvalue weighted by Gasteiger charge is -2.30. The quantitative estimate of drug-likeness (QED) is 0.584. The minimum atomic E-state index is -0.420. The monoisotopic (exact) mass is 320 g/mol. The van der Waals surface area contributed by atoms with Crippen LogP contribution in [-0.2, 0) is 12.8 Å². The molecule has 1 aromatic rings. The van der Waals surface area contributed by atoms with Gasteiger partial charge in [0.15, 0.2) is 0 Å². The molecule has 3 rings (SSSR count). The number of fused-ring (bicyclic) bond motifs is 1. The van der Waals surface area contributed by atoms with E-state index in [1.165, 1.54) is 51.4 Å². The topological polar surface area (TPSA) is 0 Å². The second-order valence-electron chi connectivity index (χ2n) is 7.89. The second-order valence-corrected chi connectivity index (χ2v) is 7.89. The summed E-state index contributed by atoms with van der Waals surface area (Å²) >= 11 is 0. The van der Waals surface area contributed by atoms with E-state index in [0.717, 1.165) is 48.3 Å². The van der Waals surface area contributed by atoms with E-state index in [1.807, 2.05) is 0 Å². The largest absolute Gasteiger partial charge is 0.207 e. The summed E-state index contributed by atoms with van der Waals surface area (Å²) < 4.78 is 27.2. The van der Waals surface area contributed by atoms with Crippen molar-refractivity contribution in [1.29, 1.82) is 0 Å². The van der Waals surface area contributed by atoms with Crippen LogP contribution >= 0.6 is 0 Å². The zero-order valence-electron chi connectivity index (χ0n) is 14.4. The summed E-state index contributed by atoms with van der Waals surface area (Å²) in [7, 11) is 0. The number of hydrogen-bond acceptors (Lipinski definition) is 0. The molecule has 1 saturated carbocycles. The van der Waals surface area contributed by atoms with Crippen LogP contribution in [0.2, 0.25) is 0 Å². The Balaban J connectivity index is 1.47. The molecular weight excluding hydrogens is 290 g/mol. The molecule has 0 bridgehead atoms. The molecule has 2 aliphatic rings. The predicted octanol–water partition coefficient (Wildman–Crippen LogP) is 6.46. The van der Waals surface area contributed by atoms with Gasteiger partial charge in [-0.2, -0.15) is 0 Å². The van der Waals surface area contributed by atoms with Gasteiger partial charge >= 0.3 is 0 Å². The molecule has 1 fully saturated rings. The normalized spacial score (nSPS) is 27.7. The van der Waals surface area contributed by atoms with Crippen LogP contribution in [0.4, 0.5) is 8.78 Å². The maximum absolute atomic E-state index is 13.8. The molecule has 0 N–H and O–H groups in total. The highest BCUT2D eigenvalue weighted by Gasteiger charge is 2.25. The molecule has 0 radical (unpaired) electrons. The van der Waals surface area contributed by atoms with Gasteiger partial charge in [0.2, 0.25) is 0 Å². The van der Waals surface area contributed by atoms with Crippen molar-refractivity contribution in [2.24, 2.45) is 17.8 Å². The highest BCUT2D eigenvalue weighted by atomic mass is 19.1. The average Bonchev–Trinajstić information content (AvgIpc) is 2.54. The molecular formula is C21H30F2. The standard InChI is InChI=1S/C21H30F2/c1-2-3-15-4-6-16(7-5-15)8-9-17-10-11-20-18(12-17)13-19(22)14-21(20)23/h13-17H,2-12H2,1H3. The Morgan fingerprint density at radius 3 is 2.22 bits per heavy atom. The third-order valence-electron chi connectivity index (χ3n) is 6.21. The summed E-state index contributed by atoms with van der Waals surface area (Å²) in [6.07, 6.45) is 13.6. The summed E-state index contributed by atoms with van der Waals surface area (Å²) in [5.74, 6) is 1.73. The Kier molecular flexibility index (Phi) is 5.71. The minimum Gasteiger partial charge on any atom is -0.207 e. The van der Waals surface area contributed by atoms with Crippen LogP contribution in [0.1, 0.15) is 75.8 Å². The molecule has 128 valence electrons. The zero-order chi connectivity index (χ0) is 16.2. The van der Waals surface area contributed by atoms with Crippen molar-refractivity contribution >= 4 is 0 Å². The van der Waals surface area contributed by atoms with Gasteiger partial charge in [0.05, 0.1) is 0 Å². The minimum absolute atomic E-state index is 0.340. The van der Waals surface area contributed by atoms with Crippen molar-refractivity contribution in [1.82, 2.24) is 0 Å². The van der Waals surface area contributed by atoms with E-state index in [1.54, 1.807) is 6.07 Å². The van der Waals surface area contributed by atoms with Gasteiger partial charge in [0.1, 0.15) is 11.6 Å². The van der Waals surface area contributed by atoms with E-state index in [0.29, 0.717) is 5.92 Å². The van der Waals surface area contributed by atoms with Crippen molar-refractivity contribution in [2.75, 3.05) is 0 Å². The molecule has 1 unspecified atom stereocenters. The van der Waals surface area contributed by atoms with Gasteiger partial charge in [0, 0.05) is 6.07 Å². The van der Waals surface area contributed by atoms with Crippen molar-refractivity contribution in [2.45, 2.75) is 77.6 Å². The van der Waals surface area contributed by atoms with Crippen molar-refractivity contribution in [3.8, 4) is 0 Å². The van der Waals surface area contributed by atoms with Crippen LogP contribution in [0, 0.1) is 29.4 Å². The Bertz CT molecular complexity index is 515. The third kappa shape index (κ3) is 4.33. The van der Waals surface area contributed by atoms with Gasteiger partial charge in [-0.25, -0.2) is 8.78 Å². The fourth-order valence-electron chi connectivity index (χ4n) is 4.82. The van der Waals surface area contributed by atoms with Gasteiger partial charge in [-0.1, -0.05) is 51.9 Å². The number of rotatable bonds is 5. The first-order valence-electron chi connectivity index (χ1n) is 9.62. The molecule has 0 amide bonds. The Morgan fingerprint density at radius 2 is 1.52 bits per heavy atom. The Morgan fingerprint density at radius 1 is 0.870 bits per heavy atom. The molecule has 2 heteroatoms. The highest BCUT2D eigenvalue weighted by Crippen LogP contribution is 2.37. The van der Waals surface area contributed by atoms with Crippen LogP contribution in [0.15, 0.2) is 12.1 Å². The van der Waals surface area contributed by atoms with Crippen LogP contribution in [0.3, 0.4) is 0 Å². The van der Waals surface area contributed by atoms with Crippen LogP contribution in [0.25, 0.3) is 0 Å². The van der Waals surface area contributed by atoms with E-state index in [2.05, 4.69) is 6.92 Å². The maximum Gasteiger partial charge on any atom is 0.129 e. The smallest absolute Gasteiger partial charge is 0.129 e. The van der Waals surface area contributed by atoms with Gasteiger partial charge < -0.3 is 0 Å². The molecule has 0 spiro atoms. The predicted molar refractivity (Wildman–Crippen MR) is 91.5 cm³/mol. The van der Waals surface area contributed by atoms with Crippen molar-refractivity contribution in [3.05, 3.63) is 34.9 Å². The maximum atomic E-state index is 13.8. The molecule has 2 aliphatic carbocycles. The fraction of sp³-hybridized carbons (Fsp3) is 0.714. The molecule has 1 atom stereocenters. The van der Waals surface area contributed by atoms with Gasteiger partial charge in [-0.15, -0.1) is 0 Å². The van der Waals surface area contributed by atoms with Crippen molar-refractivity contribution < 1.29 is 8.78 Å². The summed E-state index contributed by atoms with van der Waals surface area (Å²) in [5.41, 5.74) is 1.69. The van der Waals surface area contributed by atoms with Gasteiger partial charge in [-0.3, -0.25) is 0 Å². The Hall–Kier alpha value is -0.920. The zero-order valence-corrected chi connectivity index (χ0v) is 14.4. The average molecular weight is 320 g/mol. The van der Waals surface area contributed by atoms with E-state index in [-0.39, 0.29) is 5.82 Å². The Labute approximate surface area is 139 Å². The third-order valence-corrected chi connectivity index (χ3v) is 6.21. The van der Waals surface area contributed by atoms with Crippen LogP contribution in [-0.4, -0.2) is 0 Å².